The van der Waals surface area contributed by atoms with Crippen LogP contribution in [0.15, 0.2) is 47.8 Å². The Bertz CT molecular complexity index is 1000. The van der Waals surface area contributed by atoms with Crippen LogP contribution < -0.4 is 10.6 Å². The molecule has 4 saturated carbocycles. The van der Waals surface area contributed by atoms with Crippen LogP contribution in [0.1, 0.15) is 60.7 Å². The molecule has 1 heterocycles. The summed E-state index contributed by atoms with van der Waals surface area (Å²) in [4.78, 5) is 39.4. The number of hydrogen-bond acceptors (Lipinski definition) is 5. The van der Waals surface area contributed by atoms with Crippen molar-refractivity contribution in [3.05, 3.63) is 58.3 Å². The average molecular weight is 481 g/mol. The van der Waals surface area contributed by atoms with Gasteiger partial charge in [0.15, 0.2) is 6.10 Å². The van der Waals surface area contributed by atoms with E-state index in [1.807, 2.05) is 35.7 Å². The van der Waals surface area contributed by atoms with Crippen LogP contribution in [0.3, 0.4) is 0 Å². The molecule has 6 nitrogen and oxygen atoms in total. The Labute approximate surface area is 204 Å². The number of carbonyl (C=O) groups excluding carboxylic acids is 3. The van der Waals surface area contributed by atoms with E-state index in [-0.39, 0.29) is 17.4 Å². The number of ether oxygens (including phenoxy) is 1. The molecule has 7 heteroatoms. The second kappa shape index (κ2) is 9.53. The van der Waals surface area contributed by atoms with Crippen molar-refractivity contribution in [3.8, 4) is 0 Å². The van der Waals surface area contributed by atoms with E-state index in [2.05, 4.69) is 10.6 Å². The van der Waals surface area contributed by atoms with Gasteiger partial charge in [0.25, 0.3) is 11.8 Å². The third-order valence-electron chi connectivity index (χ3n) is 7.71. The van der Waals surface area contributed by atoms with E-state index in [0.717, 1.165) is 24.8 Å². The summed E-state index contributed by atoms with van der Waals surface area (Å²) in [5.74, 6) is 0.991. The van der Waals surface area contributed by atoms with Crippen molar-refractivity contribution >= 4 is 29.1 Å². The fourth-order valence-corrected chi connectivity index (χ4v) is 7.24. The van der Waals surface area contributed by atoms with Gasteiger partial charge >= 0.3 is 5.97 Å². The Morgan fingerprint density at radius 1 is 1.00 bits per heavy atom. The number of carbonyl (C=O) groups is 3. The Kier molecular flexibility index (Phi) is 6.47. The summed E-state index contributed by atoms with van der Waals surface area (Å²) in [6.45, 7) is 1.62. The highest BCUT2D eigenvalue weighted by molar-refractivity contribution is 7.12. The number of nitrogens with one attached hydrogen (secondary N) is 2. The first-order chi connectivity index (χ1) is 16.4. The SMILES string of the molecule is CC(OC(=O)[C@H](Cc1ccccc1)NC(=O)c1cccs1)C(=O)NC12CC3CC(CC(C3)C1)C2. The van der Waals surface area contributed by atoms with Gasteiger partial charge in [0, 0.05) is 12.0 Å². The zero-order valence-electron chi connectivity index (χ0n) is 19.5. The Hall–Kier alpha value is -2.67. The largest absolute Gasteiger partial charge is 0.451 e. The molecule has 0 radical (unpaired) electrons. The van der Waals surface area contributed by atoms with Crippen LogP contribution in [-0.4, -0.2) is 35.5 Å². The predicted molar refractivity (Wildman–Crippen MR) is 130 cm³/mol. The molecule has 0 spiro atoms. The molecule has 0 saturated heterocycles. The third kappa shape index (κ3) is 5.04. The normalized spacial score (nSPS) is 28.7. The summed E-state index contributed by atoms with van der Waals surface area (Å²) in [5.41, 5.74) is 0.769. The summed E-state index contributed by atoms with van der Waals surface area (Å²) in [6.07, 6.45) is 6.38. The number of hydrogen-bond donors (Lipinski definition) is 2. The van der Waals surface area contributed by atoms with Crippen LogP contribution in [0.25, 0.3) is 0 Å². The van der Waals surface area contributed by atoms with E-state index < -0.39 is 18.1 Å². The van der Waals surface area contributed by atoms with E-state index in [1.54, 1.807) is 19.1 Å². The fourth-order valence-electron chi connectivity index (χ4n) is 6.62. The highest BCUT2D eigenvalue weighted by atomic mass is 32.1. The first kappa shape index (κ1) is 23.1. The number of amides is 2. The molecule has 4 bridgehead atoms. The van der Waals surface area contributed by atoms with Gasteiger partial charge in [0.1, 0.15) is 6.04 Å². The molecule has 2 atom stereocenters. The second-order valence-electron chi connectivity index (χ2n) is 10.5. The van der Waals surface area contributed by atoms with E-state index in [4.69, 9.17) is 4.74 Å². The van der Waals surface area contributed by atoms with Crippen molar-refractivity contribution in [1.82, 2.24) is 10.6 Å². The van der Waals surface area contributed by atoms with Gasteiger partial charge in [-0.2, -0.15) is 0 Å². The lowest BCUT2D eigenvalue weighted by Gasteiger charge is -2.57. The van der Waals surface area contributed by atoms with Gasteiger partial charge in [-0.25, -0.2) is 4.79 Å². The monoisotopic (exact) mass is 480 g/mol. The van der Waals surface area contributed by atoms with Gasteiger partial charge in [-0.05, 0) is 80.2 Å². The van der Waals surface area contributed by atoms with Crippen molar-refractivity contribution in [2.45, 2.75) is 69.6 Å². The van der Waals surface area contributed by atoms with Crippen molar-refractivity contribution in [2.75, 3.05) is 0 Å². The molecule has 4 aliphatic carbocycles. The van der Waals surface area contributed by atoms with E-state index in [0.29, 0.717) is 29.1 Å². The van der Waals surface area contributed by atoms with Gasteiger partial charge in [0.2, 0.25) is 0 Å². The molecule has 34 heavy (non-hydrogen) atoms. The maximum Gasteiger partial charge on any atom is 0.329 e. The lowest BCUT2D eigenvalue weighted by atomic mass is 9.53. The first-order valence-corrected chi connectivity index (χ1v) is 13.2. The summed E-state index contributed by atoms with van der Waals surface area (Å²) in [6, 6.07) is 12.1. The molecule has 4 fully saturated rings. The molecule has 1 aromatic carbocycles. The minimum atomic E-state index is -0.919. The molecular weight excluding hydrogens is 448 g/mol. The zero-order valence-corrected chi connectivity index (χ0v) is 20.3. The Morgan fingerprint density at radius 2 is 1.65 bits per heavy atom. The summed E-state index contributed by atoms with van der Waals surface area (Å²) in [5, 5.41) is 7.90. The average Bonchev–Trinajstić information content (AvgIpc) is 3.33. The number of thiophene rings is 1. The van der Waals surface area contributed by atoms with Crippen molar-refractivity contribution in [1.29, 1.82) is 0 Å². The lowest BCUT2D eigenvalue weighted by molar-refractivity contribution is -0.158. The van der Waals surface area contributed by atoms with Crippen LogP contribution in [0.2, 0.25) is 0 Å². The fraction of sp³-hybridized carbons (Fsp3) is 0.519. The first-order valence-electron chi connectivity index (χ1n) is 12.3. The van der Waals surface area contributed by atoms with Crippen LogP contribution >= 0.6 is 11.3 Å². The number of esters is 1. The van der Waals surface area contributed by atoms with E-state index in [9.17, 15) is 14.4 Å². The third-order valence-corrected chi connectivity index (χ3v) is 8.57. The molecule has 180 valence electrons. The molecule has 2 N–H and O–H groups in total. The lowest BCUT2D eigenvalue weighted by Crippen LogP contribution is -2.61. The molecule has 2 amide bonds. The smallest absolute Gasteiger partial charge is 0.329 e. The molecule has 6 rings (SSSR count). The number of benzene rings is 1. The topological polar surface area (TPSA) is 84.5 Å². The van der Waals surface area contributed by atoms with Crippen LogP contribution in [0, 0.1) is 17.8 Å². The summed E-state index contributed by atoms with van der Waals surface area (Å²) in [7, 11) is 0. The molecule has 0 aliphatic heterocycles. The second-order valence-corrected chi connectivity index (χ2v) is 11.4. The van der Waals surface area contributed by atoms with Crippen LogP contribution in [0.5, 0.6) is 0 Å². The van der Waals surface area contributed by atoms with Gasteiger partial charge in [-0.1, -0.05) is 36.4 Å². The minimum Gasteiger partial charge on any atom is -0.451 e. The molecular formula is C27H32N2O4S. The number of rotatable bonds is 8. The zero-order chi connectivity index (χ0) is 23.7. The van der Waals surface area contributed by atoms with Gasteiger partial charge in [-0.3, -0.25) is 9.59 Å². The molecule has 1 aromatic heterocycles. The van der Waals surface area contributed by atoms with Crippen molar-refractivity contribution < 1.29 is 19.1 Å². The van der Waals surface area contributed by atoms with Gasteiger partial charge < -0.3 is 15.4 Å². The molecule has 2 aromatic rings. The summed E-state index contributed by atoms with van der Waals surface area (Å²) < 4.78 is 5.62. The van der Waals surface area contributed by atoms with Crippen molar-refractivity contribution in [2.24, 2.45) is 17.8 Å². The van der Waals surface area contributed by atoms with E-state index >= 15 is 0 Å². The molecule has 1 unspecified atom stereocenters. The van der Waals surface area contributed by atoms with Crippen LogP contribution in [-0.2, 0) is 20.7 Å². The van der Waals surface area contributed by atoms with Crippen LogP contribution in [0.4, 0.5) is 0 Å². The van der Waals surface area contributed by atoms with E-state index in [1.165, 1.54) is 30.6 Å². The highest BCUT2D eigenvalue weighted by Gasteiger charge is 2.51. The predicted octanol–water partition coefficient (Wildman–Crippen LogP) is 4.11. The maximum absolute atomic E-state index is 13.1. The highest BCUT2D eigenvalue weighted by Crippen LogP contribution is 2.55. The quantitative estimate of drug-likeness (QED) is 0.557. The Morgan fingerprint density at radius 3 is 2.24 bits per heavy atom. The maximum atomic E-state index is 13.1. The Balaban J connectivity index is 1.23. The molecule has 4 aliphatic rings. The summed E-state index contributed by atoms with van der Waals surface area (Å²) >= 11 is 1.31. The standard InChI is InChI=1S/C27H32N2O4S/c1-17(24(30)29-27-14-19-10-20(15-27)12-21(11-19)16-27)33-26(32)22(13-18-6-3-2-4-7-18)28-25(31)23-8-5-9-34-23/h2-9,17,19-22H,10-16H2,1H3,(H,28,31)(H,29,30)/t17?,19?,20?,21?,22-,27?/m0/s1. The van der Waals surface area contributed by atoms with Gasteiger partial charge in [-0.15, -0.1) is 11.3 Å². The van der Waals surface area contributed by atoms with Crippen molar-refractivity contribution in [3.63, 3.8) is 0 Å². The minimum absolute atomic E-state index is 0.136. The van der Waals surface area contributed by atoms with Gasteiger partial charge in [0.05, 0.1) is 4.88 Å².